The Morgan fingerprint density at radius 3 is 1.82 bits per heavy atom. The lowest BCUT2D eigenvalue weighted by Crippen LogP contribution is -2.18. The van der Waals surface area contributed by atoms with Crippen molar-refractivity contribution in [3.63, 3.8) is 0 Å². The number of rotatable bonds is 8. The number of hydrazone groups is 2. The summed E-state index contributed by atoms with van der Waals surface area (Å²) < 4.78 is 5.02. The standard InChI is InChI=1S/C23H20N6O5/c1-2-34-23(33)17-9-18(13-26-28-21(31)15-5-3-7-24-11-15)20(30)19(10-17)14-27-29-22(32)16-6-4-8-25-12-16/h3-14,30H,2H2,1H3,(H,28,31)(H,29,32)/b26-13+,27-14+. The van der Waals surface area contributed by atoms with Crippen LogP contribution in [0, 0.1) is 0 Å². The zero-order chi connectivity index (χ0) is 24.3. The minimum atomic E-state index is -0.634. The van der Waals surface area contributed by atoms with E-state index in [9.17, 15) is 19.5 Å². The summed E-state index contributed by atoms with van der Waals surface area (Å²) in [4.78, 5) is 44.2. The van der Waals surface area contributed by atoms with Crippen molar-refractivity contribution < 1.29 is 24.2 Å². The van der Waals surface area contributed by atoms with Gasteiger partial charge in [0, 0.05) is 35.9 Å². The van der Waals surface area contributed by atoms with Crippen LogP contribution in [0.5, 0.6) is 5.75 Å². The van der Waals surface area contributed by atoms with Gasteiger partial charge in [-0.15, -0.1) is 0 Å². The van der Waals surface area contributed by atoms with Gasteiger partial charge in [0.05, 0.1) is 35.7 Å². The Kier molecular flexibility index (Phi) is 8.11. The topological polar surface area (TPSA) is 155 Å². The molecule has 11 nitrogen and oxygen atoms in total. The molecule has 0 saturated carbocycles. The molecule has 2 amide bonds. The number of aromatic hydroxyl groups is 1. The third-order valence-corrected chi connectivity index (χ3v) is 4.27. The second-order valence-corrected chi connectivity index (χ2v) is 6.61. The van der Waals surface area contributed by atoms with E-state index in [0.717, 1.165) is 12.4 Å². The summed E-state index contributed by atoms with van der Waals surface area (Å²) in [5.41, 5.74) is 5.54. The Morgan fingerprint density at radius 2 is 1.41 bits per heavy atom. The fraction of sp³-hybridized carbons (Fsp3) is 0.0870. The smallest absolute Gasteiger partial charge is 0.338 e. The Hall–Kier alpha value is -4.93. The average molecular weight is 460 g/mol. The molecule has 0 aliphatic rings. The van der Waals surface area contributed by atoms with Crippen LogP contribution in [-0.4, -0.2) is 51.9 Å². The molecule has 0 aliphatic carbocycles. The van der Waals surface area contributed by atoms with Crippen LogP contribution in [0.2, 0.25) is 0 Å². The minimum Gasteiger partial charge on any atom is -0.507 e. The normalized spacial score (nSPS) is 10.9. The van der Waals surface area contributed by atoms with Crippen molar-refractivity contribution >= 4 is 30.2 Å². The lowest BCUT2D eigenvalue weighted by molar-refractivity contribution is 0.0526. The van der Waals surface area contributed by atoms with Gasteiger partial charge in [0.15, 0.2) is 0 Å². The summed E-state index contributed by atoms with van der Waals surface area (Å²) >= 11 is 0. The van der Waals surface area contributed by atoms with Crippen LogP contribution >= 0.6 is 0 Å². The summed E-state index contributed by atoms with van der Waals surface area (Å²) in [5, 5.41) is 18.3. The number of benzene rings is 1. The van der Waals surface area contributed by atoms with Crippen molar-refractivity contribution in [1.29, 1.82) is 0 Å². The first-order valence-corrected chi connectivity index (χ1v) is 10.0. The Bertz CT molecular complexity index is 1140. The van der Waals surface area contributed by atoms with Crippen LogP contribution in [0.25, 0.3) is 0 Å². The van der Waals surface area contributed by atoms with Gasteiger partial charge in [-0.1, -0.05) is 0 Å². The average Bonchev–Trinajstić information content (AvgIpc) is 2.86. The van der Waals surface area contributed by atoms with Crippen LogP contribution < -0.4 is 10.9 Å². The number of esters is 1. The first-order chi connectivity index (χ1) is 16.5. The van der Waals surface area contributed by atoms with Gasteiger partial charge in [0.1, 0.15) is 5.75 Å². The summed E-state index contributed by atoms with van der Waals surface area (Å²) in [7, 11) is 0. The predicted molar refractivity (Wildman–Crippen MR) is 123 cm³/mol. The molecule has 3 N–H and O–H groups in total. The zero-order valence-corrected chi connectivity index (χ0v) is 18.0. The van der Waals surface area contributed by atoms with Crippen molar-refractivity contribution in [1.82, 2.24) is 20.8 Å². The summed E-state index contributed by atoms with van der Waals surface area (Å²) in [6.45, 7) is 1.81. The monoisotopic (exact) mass is 460 g/mol. The number of hydrogen-bond donors (Lipinski definition) is 3. The quantitative estimate of drug-likeness (QED) is 0.263. The lowest BCUT2D eigenvalue weighted by atomic mass is 10.0. The van der Waals surface area contributed by atoms with Gasteiger partial charge in [0.2, 0.25) is 0 Å². The molecule has 0 aliphatic heterocycles. The number of carbonyl (C=O) groups is 3. The maximum Gasteiger partial charge on any atom is 0.338 e. The minimum absolute atomic E-state index is 0.108. The highest BCUT2D eigenvalue weighted by Crippen LogP contribution is 2.23. The van der Waals surface area contributed by atoms with E-state index >= 15 is 0 Å². The second-order valence-electron chi connectivity index (χ2n) is 6.61. The van der Waals surface area contributed by atoms with Gasteiger partial charge in [-0.3, -0.25) is 19.6 Å². The molecule has 0 fully saturated rings. The Balaban J connectivity index is 1.81. The number of phenolic OH excluding ortho intramolecular Hbond substituents is 1. The maximum atomic E-state index is 12.2. The molecule has 11 heteroatoms. The van der Waals surface area contributed by atoms with E-state index in [0.29, 0.717) is 11.1 Å². The molecule has 0 bridgehead atoms. The van der Waals surface area contributed by atoms with Crippen molar-refractivity contribution in [3.05, 3.63) is 89.0 Å². The van der Waals surface area contributed by atoms with Gasteiger partial charge in [-0.25, -0.2) is 15.6 Å². The van der Waals surface area contributed by atoms with Crippen LogP contribution in [0.1, 0.15) is 49.1 Å². The van der Waals surface area contributed by atoms with E-state index in [4.69, 9.17) is 4.74 Å². The van der Waals surface area contributed by atoms with Gasteiger partial charge in [-0.2, -0.15) is 10.2 Å². The summed E-state index contributed by atoms with van der Waals surface area (Å²) in [5.74, 6) is -1.94. The van der Waals surface area contributed by atoms with Crippen molar-refractivity contribution in [2.24, 2.45) is 10.2 Å². The molecule has 0 saturated heterocycles. The number of phenols is 1. The molecule has 0 spiro atoms. The highest BCUT2D eigenvalue weighted by Gasteiger charge is 2.14. The predicted octanol–water partition coefficient (Wildman–Crippen LogP) is 1.89. The van der Waals surface area contributed by atoms with E-state index < -0.39 is 17.8 Å². The fourth-order valence-electron chi connectivity index (χ4n) is 2.65. The van der Waals surface area contributed by atoms with E-state index in [1.165, 1.54) is 36.9 Å². The number of amides is 2. The van der Waals surface area contributed by atoms with Crippen molar-refractivity contribution in [3.8, 4) is 5.75 Å². The first-order valence-electron chi connectivity index (χ1n) is 10.0. The lowest BCUT2D eigenvalue weighted by Gasteiger charge is -2.08. The van der Waals surface area contributed by atoms with Gasteiger partial charge >= 0.3 is 5.97 Å². The molecule has 0 unspecified atom stereocenters. The molecule has 0 atom stereocenters. The number of carbonyl (C=O) groups excluding carboxylic acids is 3. The zero-order valence-electron chi connectivity index (χ0n) is 18.0. The van der Waals surface area contributed by atoms with Crippen LogP contribution in [-0.2, 0) is 4.74 Å². The largest absolute Gasteiger partial charge is 0.507 e. The van der Waals surface area contributed by atoms with Gasteiger partial charge in [0.25, 0.3) is 11.8 Å². The van der Waals surface area contributed by atoms with Crippen LogP contribution in [0.4, 0.5) is 0 Å². The molecule has 34 heavy (non-hydrogen) atoms. The molecule has 2 heterocycles. The molecule has 1 aromatic carbocycles. The molecule has 0 radical (unpaired) electrons. The Morgan fingerprint density at radius 1 is 0.912 bits per heavy atom. The molecular formula is C23H20N6O5. The van der Waals surface area contributed by atoms with Crippen LogP contribution in [0.3, 0.4) is 0 Å². The molecular weight excluding hydrogens is 440 g/mol. The summed E-state index contributed by atoms with van der Waals surface area (Å²) in [6.07, 6.45) is 8.13. The van der Waals surface area contributed by atoms with Crippen molar-refractivity contribution in [2.45, 2.75) is 6.92 Å². The SMILES string of the molecule is CCOC(=O)c1cc(/C=N/NC(=O)c2cccnc2)c(O)c(/C=N/NC(=O)c2cccnc2)c1. The van der Waals surface area contributed by atoms with Crippen LogP contribution in [0.15, 0.2) is 71.4 Å². The number of pyridine rings is 2. The molecule has 3 rings (SSSR count). The second kappa shape index (κ2) is 11.6. The number of hydrogen-bond acceptors (Lipinski definition) is 9. The van der Waals surface area contributed by atoms with Crippen molar-refractivity contribution in [2.75, 3.05) is 6.61 Å². The highest BCUT2D eigenvalue weighted by molar-refractivity contribution is 6.00. The van der Waals surface area contributed by atoms with Gasteiger partial charge in [-0.05, 0) is 43.3 Å². The molecule has 172 valence electrons. The summed E-state index contributed by atoms with van der Waals surface area (Å²) in [6, 6.07) is 9.02. The van der Waals surface area contributed by atoms with E-state index in [2.05, 4.69) is 31.0 Å². The van der Waals surface area contributed by atoms with E-state index in [1.54, 1.807) is 31.2 Å². The van der Waals surface area contributed by atoms with E-state index in [1.807, 2.05) is 0 Å². The highest BCUT2D eigenvalue weighted by atomic mass is 16.5. The third-order valence-electron chi connectivity index (χ3n) is 4.27. The maximum absolute atomic E-state index is 12.2. The third kappa shape index (κ3) is 6.29. The number of ether oxygens (including phenoxy) is 1. The number of aromatic nitrogens is 2. The first kappa shape index (κ1) is 23.7. The fourth-order valence-corrected chi connectivity index (χ4v) is 2.65. The van der Waals surface area contributed by atoms with E-state index in [-0.39, 0.29) is 29.0 Å². The Labute approximate surface area is 194 Å². The van der Waals surface area contributed by atoms with Gasteiger partial charge < -0.3 is 9.84 Å². The number of nitrogens with zero attached hydrogens (tertiary/aromatic N) is 4. The molecule has 2 aromatic heterocycles. The number of nitrogens with one attached hydrogen (secondary N) is 2. The molecule has 3 aromatic rings.